The maximum atomic E-state index is 13.7. The van der Waals surface area contributed by atoms with Crippen LogP contribution in [-0.4, -0.2) is 18.2 Å². The molecule has 0 amide bonds. The number of aromatic carboxylic acids is 1. The smallest absolute Gasteiger partial charge is 0.335 e. The van der Waals surface area contributed by atoms with Gasteiger partial charge in [-0.2, -0.15) is 0 Å². The number of halogens is 2. The molecule has 98 valence electrons. The predicted octanol–water partition coefficient (Wildman–Crippen LogP) is 3.34. The molecule has 0 saturated heterocycles. The second-order valence-corrected chi connectivity index (χ2v) is 3.82. The van der Waals surface area contributed by atoms with E-state index in [1.807, 2.05) is 0 Å². The Morgan fingerprint density at radius 1 is 1.16 bits per heavy atom. The summed E-state index contributed by atoms with van der Waals surface area (Å²) in [5.74, 6) is -2.51. The average molecular weight is 264 g/mol. The van der Waals surface area contributed by atoms with Crippen molar-refractivity contribution < 1.29 is 23.4 Å². The van der Waals surface area contributed by atoms with Crippen LogP contribution in [0.15, 0.2) is 36.4 Å². The van der Waals surface area contributed by atoms with Gasteiger partial charge in [0.15, 0.2) is 0 Å². The van der Waals surface area contributed by atoms with Crippen LogP contribution in [0.1, 0.15) is 10.4 Å². The lowest BCUT2D eigenvalue weighted by atomic mass is 10.0. The molecule has 0 atom stereocenters. The lowest BCUT2D eigenvalue weighted by molar-refractivity contribution is 0.0696. The van der Waals surface area contributed by atoms with Crippen LogP contribution in [0.4, 0.5) is 8.78 Å². The van der Waals surface area contributed by atoms with Crippen LogP contribution in [-0.2, 0) is 0 Å². The number of carboxylic acid groups (broad SMARTS) is 1. The van der Waals surface area contributed by atoms with Crippen LogP contribution in [0.25, 0.3) is 11.1 Å². The first-order valence-electron chi connectivity index (χ1n) is 5.40. The lowest BCUT2D eigenvalue weighted by Crippen LogP contribution is -1.99. The molecular formula is C14H10F2O3. The Morgan fingerprint density at radius 3 is 2.32 bits per heavy atom. The van der Waals surface area contributed by atoms with E-state index in [0.717, 1.165) is 12.1 Å². The molecule has 2 aromatic carbocycles. The second-order valence-electron chi connectivity index (χ2n) is 3.82. The summed E-state index contributed by atoms with van der Waals surface area (Å²) in [7, 11) is 1.31. The van der Waals surface area contributed by atoms with Crippen LogP contribution < -0.4 is 4.74 Å². The SMILES string of the molecule is COc1cc(C(=O)O)ccc1-c1c(F)cccc1F. The van der Waals surface area contributed by atoms with E-state index in [1.54, 1.807) is 0 Å². The van der Waals surface area contributed by atoms with Crippen LogP contribution in [0.5, 0.6) is 5.75 Å². The van der Waals surface area contributed by atoms with Gasteiger partial charge in [0, 0.05) is 5.56 Å². The van der Waals surface area contributed by atoms with Crippen LogP contribution in [0.2, 0.25) is 0 Å². The second kappa shape index (κ2) is 5.06. The van der Waals surface area contributed by atoms with Gasteiger partial charge in [-0.15, -0.1) is 0 Å². The number of ether oxygens (including phenoxy) is 1. The third-order valence-electron chi connectivity index (χ3n) is 2.68. The Balaban J connectivity index is 2.66. The molecular weight excluding hydrogens is 254 g/mol. The summed E-state index contributed by atoms with van der Waals surface area (Å²) in [4.78, 5) is 10.8. The molecule has 0 aliphatic rings. The summed E-state index contributed by atoms with van der Waals surface area (Å²) in [6.07, 6.45) is 0. The van der Waals surface area contributed by atoms with Crippen molar-refractivity contribution in [1.29, 1.82) is 0 Å². The summed E-state index contributed by atoms with van der Waals surface area (Å²) in [5.41, 5.74) is -0.0864. The minimum absolute atomic E-state index is 0.0163. The molecule has 5 heteroatoms. The van der Waals surface area contributed by atoms with Gasteiger partial charge in [0.1, 0.15) is 17.4 Å². The molecule has 0 bridgehead atoms. The Labute approximate surface area is 108 Å². The van der Waals surface area contributed by atoms with Crippen molar-refractivity contribution in [1.82, 2.24) is 0 Å². The largest absolute Gasteiger partial charge is 0.496 e. The normalized spacial score (nSPS) is 10.3. The van der Waals surface area contributed by atoms with Crippen molar-refractivity contribution in [2.45, 2.75) is 0 Å². The van der Waals surface area contributed by atoms with Gasteiger partial charge in [-0.3, -0.25) is 0 Å². The standard InChI is InChI=1S/C14H10F2O3/c1-19-12-7-8(14(17)18)5-6-9(12)13-10(15)3-2-4-11(13)16/h2-7H,1H3,(H,17,18). The van der Waals surface area contributed by atoms with E-state index in [9.17, 15) is 13.6 Å². The van der Waals surface area contributed by atoms with E-state index in [4.69, 9.17) is 9.84 Å². The molecule has 0 aliphatic heterocycles. The van der Waals surface area contributed by atoms with Crippen LogP contribution in [0, 0.1) is 11.6 Å². The fourth-order valence-corrected chi connectivity index (χ4v) is 1.79. The van der Waals surface area contributed by atoms with E-state index in [2.05, 4.69) is 0 Å². The zero-order chi connectivity index (χ0) is 14.0. The Kier molecular flexibility index (Phi) is 3.46. The number of hydrogen-bond donors (Lipinski definition) is 1. The molecule has 0 heterocycles. The summed E-state index contributed by atoms with van der Waals surface area (Å²) in [6, 6.07) is 7.33. The van der Waals surface area contributed by atoms with Gasteiger partial charge < -0.3 is 9.84 Å². The molecule has 19 heavy (non-hydrogen) atoms. The van der Waals surface area contributed by atoms with Crippen molar-refractivity contribution >= 4 is 5.97 Å². The molecule has 0 aromatic heterocycles. The fraction of sp³-hybridized carbons (Fsp3) is 0.0714. The minimum atomic E-state index is -1.14. The average Bonchev–Trinajstić information content (AvgIpc) is 2.38. The highest BCUT2D eigenvalue weighted by molar-refractivity contribution is 5.89. The zero-order valence-corrected chi connectivity index (χ0v) is 9.98. The van der Waals surface area contributed by atoms with E-state index in [-0.39, 0.29) is 22.4 Å². The van der Waals surface area contributed by atoms with Gasteiger partial charge in [0.05, 0.1) is 18.2 Å². The predicted molar refractivity (Wildman–Crippen MR) is 65.3 cm³/mol. The molecule has 2 rings (SSSR count). The van der Waals surface area contributed by atoms with Gasteiger partial charge in [0.2, 0.25) is 0 Å². The maximum absolute atomic E-state index is 13.7. The quantitative estimate of drug-likeness (QED) is 0.924. The number of hydrogen-bond acceptors (Lipinski definition) is 2. The Hall–Kier alpha value is -2.43. The van der Waals surface area contributed by atoms with Gasteiger partial charge in [-0.1, -0.05) is 6.07 Å². The first-order chi connectivity index (χ1) is 9.04. The Morgan fingerprint density at radius 2 is 1.79 bits per heavy atom. The fourth-order valence-electron chi connectivity index (χ4n) is 1.79. The molecule has 0 unspecified atom stereocenters. The number of carbonyl (C=O) groups is 1. The first kappa shape index (κ1) is 13.0. The van der Waals surface area contributed by atoms with Crippen molar-refractivity contribution in [3.8, 4) is 16.9 Å². The molecule has 0 saturated carbocycles. The first-order valence-corrected chi connectivity index (χ1v) is 5.40. The molecule has 0 spiro atoms. The number of rotatable bonds is 3. The maximum Gasteiger partial charge on any atom is 0.335 e. The summed E-state index contributed by atoms with van der Waals surface area (Å²) >= 11 is 0. The van der Waals surface area contributed by atoms with Crippen LogP contribution >= 0.6 is 0 Å². The van der Waals surface area contributed by atoms with Crippen molar-refractivity contribution in [3.63, 3.8) is 0 Å². The highest BCUT2D eigenvalue weighted by atomic mass is 19.1. The molecule has 0 fully saturated rings. The lowest BCUT2D eigenvalue weighted by Gasteiger charge is -2.11. The van der Waals surface area contributed by atoms with Crippen molar-refractivity contribution in [2.75, 3.05) is 7.11 Å². The summed E-state index contributed by atoms with van der Waals surface area (Å²) < 4.78 is 32.4. The zero-order valence-electron chi connectivity index (χ0n) is 9.98. The highest BCUT2D eigenvalue weighted by Crippen LogP contribution is 2.34. The molecule has 0 radical (unpaired) electrons. The van der Waals surface area contributed by atoms with Crippen molar-refractivity contribution in [2.24, 2.45) is 0 Å². The van der Waals surface area contributed by atoms with Gasteiger partial charge >= 0.3 is 5.97 Å². The number of carboxylic acids is 1. The molecule has 3 nitrogen and oxygen atoms in total. The van der Waals surface area contributed by atoms with Gasteiger partial charge in [0.25, 0.3) is 0 Å². The molecule has 0 aliphatic carbocycles. The number of benzene rings is 2. The van der Waals surface area contributed by atoms with E-state index in [0.29, 0.717) is 0 Å². The third-order valence-corrected chi connectivity index (χ3v) is 2.68. The monoisotopic (exact) mass is 264 g/mol. The highest BCUT2D eigenvalue weighted by Gasteiger charge is 2.17. The Bertz CT molecular complexity index is 618. The van der Waals surface area contributed by atoms with E-state index in [1.165, 1.54) is 31.4 Å². The van der Waals surface area contributed by atoms with E-state index >= 15 is 0 Å². The van der Waals surface area contributed by atoms with Crippen molar-refractivity contribution in [3.05, 3.63) is 53.6 Å². The summed E-state index contributed by atoms with van der Waals surface area (Å²) in [6.45, 7) is 0. The topological polar surface area (TPSA) is 46.5 Å². The molecule has 1 N–H and O–H groups in total. The minimum Gasteiger partial charge on any atom is -0.496 e. The van der Waals surface area contributed by atoms with Gasteiger partial charge in [-0.25, -0.2) is 13.6 Å². The van der Waals surface area contributed by atoms with Crippen LogP contribution in [0.3, 0.4) is 0 Å². The molecule has 2 aromatic rings. The number of methoxy groups -OCH3 is 1. The van der Waals surface area contributed by atoms with E-state index < -0.39 is 17.6 Å². The van der Waals surface area contributed by atoms with Gasteiger partial charge in [-0.05, 0) is 30.3 Å². The third kappa shape index (κ3) is 2.40. The summed E-state index contributed by atoms with van der Waals surface area (Å²) in [5, 5.41) is 8.87.